The Morgan fingerprint density at radius 2 is 1.04 bits per heavy atom. The number of carbonyl (C=O) groups is 6. The minimum atomic E-state index is -0.516. The van der Waals surface area contributed by atoms with Crippen LogP contribution in [0.1, 0.15) is 89.5 Å². The number of thiazole rings is 1. The molecule has 81 heavy (non-hydrogen) atoms. The van der Waals surface area contributed by atoms with Crippen LogP contribution in [0.15, 0.2) is 97.1 Å². The van der Waals surface area contributed by atoms with Crippen LogP contribution in [0.4, 0.5) is 5.13 Å². The predicted molar refractivity (Wildman–Crippen MR) is 301 cm³/mol. The van der Waals surface area contributed by atoms with Gasteiger partial charge in [-0.05, 0) is 112 Å². The van der Waals surface area contributed by atoms with Crippen LogP contribution >= 0.6 is 11.3 Å². The molecule has 20 nitrogen and oxygen atoms in total. The molecular formula is C60H75N3O17S. The Bertz CT molecular complexity index is 2630. The smallest absolute Gasteiger partial charge is 0.330 e. The summed E-state index contributed by atoms with van der Waals surface area (Å²) in [5, 5.41) is 7.47. The van der Waals surface area contributed by atoms with Gasteiger partial charge in [0.25, 0.3) is 0 Å². The van der Waals surface area contributed by atoms with Gasteiger partial charge in [-0.2, -0.15) is 5.10 Å². The molecule has 21 heteroatoms. The summed E-state index contributed by atoms with van der Waals surface area (Å²) in [6.45, 7) is 12.3. The number of hydrazone groups is 1. The van der Waals surface area contributed by atoms with Gasteiger partial charge in [-0.1, -0.05) is 62.8 Å². The van der Waals surface area contributed by atoms with Crippen molar-refractivity contribution in [2.45, 2.75) is 84.0 Å². The molecule has 0 radical (unpaired) electrons. The van der Waals surface area contributed by atoms with Crippen molar-refractivity contribution in [3.05, 3.63) is 97.6 Å². The van der Waals surface area contributed by atoms with Crippen LogP contribution in [0.25, 0.3) is 10.2 Å². The van der Waals surface area contributed by atoms with E-state index in [0.717, 1.165) is 48.1 Å². The number of nitrogens with zero attached hydrogens (tertiary/aromatic N) is 3. The van der Waals surface area contributed by atoms with Gasteiger partial charge in [0.1, 0.15) is 49.4 Å². The fourth-order valence-electron chi connectivity index (χ4n) is 8.80. The van der Waals surface area contributed by atoms with Crippen molar-refractivity contribution in [3.8, 4) is 23.0 Å². The number of esters is 6. The molecule has 2 saturated carbocycles. The second-order valence-electron chi connectivity index (χ2n) is 19.1. The lowest BCUT2D eigenvalue weighted by Crippen LogP contribution is -2.30. The Balaban J connectivity index is 0.992. The Hall–Kier alpha value is -7.04. The number of hydrogen-bond donors (Lipinski definition) is 0. The van der Waals surface area contributed by atoms with Gasteiger partial charge in [0.2, 0.25) is 5.13 Å². The van der Waals surface area contributed by atoms with Gasteiger partial charge in [-0.3, -0.25) is 19.2 Å². The largest absolute Gasteiger partial charge is 0.491 e. The Labute approximate surface area is 477 Å². The van der Waals surface area contributed by atoms with Crippen LogP contribution in [0.2, 0.25) is 0 Å². The molecule has 0 atom stereocenters. The van der Waals surface area contributed by atoms with Gasteiger partial charge in [0.15, 0.2) is 0 Å². The van der Waals surface area contributed by atoms with E-state index in [1.165, 1.54) is 11.3 Å². The van der Waals surface area contributed by atoms with Crippen molar-refractivity contribution in [2.24, 2.45) is 28.8 Å². The molecule has 3 aromatic carbocycles. The first-order valence-electron chi connectivity index (χ1n) is 27.8. The van der Waals surface area contributed by atoms with Crippen LogP contribution in [0.3, 0.4) is 0 Å². The summed E-state index contributed by atoms with van der Waals surface area (Å²) in [7, 11) is 0. The number of fused-ring (bicyclic) bond motifs is 1. The third-order valence-corrected chi connectivity index (χ3v) is 14.3. The first-order chi connectivity index (χ1) is 39.5. The predicted octanol–water partition coefficient (Wildman–Crippen LogP) is 9.19. The summed E-state index contributed by atoms with van der Waals surface area (Å²) in [5.41, 5.74) is 1.27. The summed E-state index contributed by atoms with van der Waals surface area (Å²) in [6.07, 6.45) is 11.3. The van der Waals surface area contributed by atoms with E-state index in [1.807, 2.05) is 29.3 Å². The highest BCUT2D eigenvalue weighted by Gasteiger charge is 2.34. The Morgan fingerprint density at radius 3 is 1.59 bits per heavy atom. The first kappa shape index (κ1) is 63.1. The van der Waals surface area contributed by atoms with Crippen molar-refractivity contribution in [1.82, 2.24) is 4.98 Å². The summed E-state index contributed by atoms with van der Waals surface area (Å²) in [5.74, 6) is -2.86. The summed E-state index contributed by atoms with van der Waals surface area (Å²) >= 11 is 1.53. The van der Waals surface area contributed by atoms with Crippen LogP contribution in [-0.4, -0.2) is 133 Å². The van der Waals surface area contributed by atoms with E-state index in [2.05, 4.69) is 20.1 Å². The monoisotopic (exact) mass is 1140 g/mol. The van der Waals surface area contributed by atoms with Crippen LogP contribution < -0.4 is 24.0 Å². The van der Waals surface area contributed by atoms with E-state index in [9.17, 15) is 28.8 Å². The van der Waals surface area contributed by atoms with Gasteiger partial charge < -0.3 is 52.1 Å². The summed E-state index contributed by atoms with van der Waals surface area (Å²) in [6, 6.07) is 19.4. The van der Waals surface area contributed by atoms with Gasteiger partial charge >= 0.3 is 35.8 Å². The number of unbranched alkanes of at least 4 members (excludes halogenated alkanes) is 3. The normalized spacial score (nSPS) is 17.0. The molecule has 0 unspecified atom stereocenters. The molecule has 0 aliphatic heterocycles. The fourth-order valence-corrected chi connectivity index (χ4v) is 9.75. The van der Waals surface area contributed by atoms with E-state index in [-0.39, 0.29) is 82.2 Å². The van der Waals surface area contributed by atoms with E-state index < -0.39 is 41.6 Å². The fraction of sp³-hybridized carbons (Fsp3) is 0.500. The Kier molecular flexibility index (Phi) is 27.8. The number of rotatable bonds is 36. The highest BCUT2D eigenvalue weighted by molar-refractivity contribution is 7.22. The van der Waals surface area contributed by atoms with Crippen molar-refractivity contribution < 1.29 is 80.9 Å². The number of anilines is 1. The number of para-hydroxylation sites is 1. The lowest BCUT2D eigenvalue weighted by atomic mass is 9.82. The molecule has 2 aliphatic rings. The molecule has 1 aromatic heterocycles. The maximum absolute atomic E-state index is 13.9. The highest BCUT2D eigenvalue weighted by Crippen LogP contribution is 2.35. The molecule has 438 valence electrons. The molecule has 0 N–H and O–H groups in total. The number of aromatic nitrogens is 1. The Morgan fingerprint density at radius 1 is 0.556 bits per heavy atom. The molecule has 0 spiro atoms. The molecule has 1 heterocycles. The molecule has 0 bridgehead atoms. The SMILES string of the molecule is C=CC(=O)OCCOCCOCCOC(=O)C1CCC(C(=O)Oc2ccc(OC(=O)C3CCC(C(=O)Oc4ccc(OCCOCCOCCOC(=O)C=C)cc4)CC3)c(/C=N/N(CCCCCC)c3nc4ccccc4s3)c2)CC1. The van der Waals surface area contributed by atoms with Gasteiger partial charge in [-0.15, -0.1) is 0 Å². The zero-order chi connectivity index (χ0) is 57.4. The number of carbonyl (C=O) groups excluding carboxylic acids is 6. The van der Waals surface area contributed by atoms with E-state index in [0.29, 0.717) is 107 Å². The number of benzene rings is 3. The van der Waals surface area contributed by atoms with E-state index in [4.69, 9.17) is 62.2 Å². The van der Waals surface area contributed by atoms with E-state index >= 15 is 0 Å². The second kappa shape index (κ2) is 35.6. The molecule has 2 fully saturated rings. The topological polar surface area (TPSA) is 232 Å². The maximum Gasteiger partial charge on any atom is 0.330 e. The minimum Gasteiger partial charge on any atom is -0.491 e. The summed E-state index contributed by atoms with van der Waals surface area (Å²) < 4.78 is 61.3. The zero-order valence-corrected chi connectivity index (χ0v) is 47.0. The van der Waals surface area contributed by atoms with Crippen molar-refractivity contribution in [2.75, 3.05) is 90.8 Å². The minimum absolute atomic E-state index is 0.0820. The maximum atomic E-state index is 13.9. The molecular weight excluding hydrogens is 1070 g/mol. The number of ether oxygens (including phenoxy) is 11. The first-order valence-corrected chi connectivity index (χ1v) is 28.6. The lowest BCUT2D eigenvalue weighted by molar-refractivity contribution is -0.153. The van der Waals surface area contributed by atoms with Crippen molar-refractivity contribution in [3.63, 3.8) is 0 Å². The molecule has 6 rings (SSSR count). The highest BCUT2D eigenvalue weighted by atomic mass is 32.1. The van der Waals surface area contributed by atoms with Crippen molar-refractivity contribution >= 4 is 68.7 Å². The molecule has 0 amide bonds. The molecule has 4 aromatic rings. The molecule has 2 aliphatic carbocycles. The van der Waals surface area contributed by atoms with Gasteiger partial charge in [0, 0.05) is 24.3 Å². The van der Waals surface area contributed by atoms with Gasteiger partial charge in [0.05, 0.1) is 93.0 Å². The quantitative estimate of drug-likeness (QED) is 0.00785. The van der Waals surface area contributed by atoms with Crippen LogP contribution in [0, 0.1) is 23.7 Å². The average molecular weight is 1140 g/mol. The summed E-state index contributed by atoms with van der Waals surface area (Å²) in [4.78, 5) is 80.7. The molecule has 0 saturated heterocycles. The van der Waals surface area contributed by atoms with Crippen LogP contribution in [-0.2, 0) is 61.9 Å². The number of hydrogen-bond acceptors (Lipinski definition) is 21. The van der Waals surface area contributed by atoms with Gasteiger partial charge in [-0.25, -0.2) is 19.6 Å². The average Bonchev–Trinajstić information content (AvgIpc) is 4.08. The van der Waals surface area contributed by atoms with Crippen LogP contribution in [0.5, 0.6) is 23.0 Å². The third-order valence-electron chi connectivity index (χ3n) is 13.3. The van der Waals surface area contributed by atoms with Crippen molar-refractivity contribution in [1.29, 1.82) is 0 Å². The van der Waals surface area contributed by atoms with E-state index in [1.54, 1.807) is 48.7 Å². The standard InChI is InChI=1S/C60H75N3O17S/c1-4-7-8-11-28-63(60-62-51-12-9-10-13-53(51)81-60)61-42-47-41-50(79-58(68)45-16-14-43(15-17-45)56(66)77-40-36-73-32-31-72-35-39-76-55(65)6-3)26-27-52(47)80-59(69)46-20-18-44(19-21-46)57(67)78-49-24-22-48(23-25-49)74-37-33-70-29-30-71-34-38-75-54(64)5-2/h5-6,9-10,12-13,22-27,41-46H,2-4,7-8,11,14-21,28-40H2,1H3/b61-42+. The zero-order valence-electron chi connectivity index (χ0n) is 46.2. The second-order valence-corrected chi connectivity index (χ2v) is 20.1. The lowest BCUT2D eigenvalue weighted by Gasteiger charge is -2.26. The third kappa shape index (κ3) is 22.4.